The number of carbonyl (C=O) groups is 2. The monoisotopic (exact) mass is 518 g/mol. The minimum atomic E-state index is -4.42. The zero-order chi connectivity index (χ0) is 26.3. The third-order valence-electron chi connectivity index (χ3n) is 5.69. The van der Waals surface area contributed by atoms with Gasteiger partial charge in [0, 0.05) is 24.7 Å². The lowest BCUT2D eigenvalue weighted by molar-refractivity contribution is -0.142. The van der Waals surface area contributed by atoms with Crippen LogP contribution >= 0.6 is 0 Å². The van der Waals surface area contributed by atoms with Crippen molar-refractivity contribution in [2.24, 2.45) is 0 Å². The lowest BCUT2D eigenvalue weighted by Gasteiger charge is -2.28. The fourth-order valence-electron chi connectivity index (χ4n) is 3.90. The van der Waals surface area contributed by atoms with Crippen LogP contribution in [0, 0.1) is 0 Å². The molecule has 0 saturated heterocycles. The maximum absolute atomic E-state index is 12.2. The predicted molar refractivity (Wildman–Crippen MR) is 116 cm³/mol. The first-order valence-corrected chi connectivity index (χ1v) is 11.3. The van der Waals surface area contributed by atoms with Crippen LogP contribution in [0.15, 0.2) is 24.3 Å². The number of aromatic nitrogens is 4. The zero-order valence-corrected chi connectivity index (χ0v) is 19.0. The molecule has 0 radical (unpaired) electrons. The van der Waals surface area contributed by atoms with E-state index in [1.54, 1.807) is 12.1 Å². The van der Waals surface area contributed by atoms with Crippen LogP contribution in [0.25, 0.3) is 0 Å². The van der Waals surface area contributed by atoms with Gasteiger partial charge < -0.3 is 10.6 Å². The van der Waals surface area contributed by atoms with Crippen LogP contribution in [0.3, 0.4) is 0 Å². The average molecular weight is 518 g/mol. The molecule has 14 heteroatoms. The highest BCUT2D eigenvalue weighted by Gasteiger charge is 2.29. The summed E-state index contributed by atoms with van der Waals surface area (Å²) in [6, 6.07) is 6.33. The quantitative estimate of drug-likeness (QED) is 0.461. The van der Waals surface area contributed by atoms with Crippen molar-refractivity contribution in [2.45, 2.75) is 75.6 Å². The van der Waals surface area contributed by atoms with E-state index < -0.39 is 49.9 Å². The number of anilines is 2. The van der Waals surface area contributed by atoms with Crippen LogP contribution in [0.4, 0.5) is 38.0 Å². The maximum atomic E-state index is 12.2. The van der Waals surface area contributed by atoms with Crippen LogP contribution in [0.2, 0.25) is 0 Å². The third-order valence-corrected chi connectivity index (χ3v) is 5.69. The van der Waals surface area contributed by atoms with Gasteiger partial charge in [0.15, 0.2) is 11.6 Å². The molecule has 2 amide bonds. The molecule has 0 unspecified atom stereocenters. The van der Waals surface area contributed by atoms with Gasteiger partial charge in [0.25, 0.3) is 0 Å². The van der Waals surface area contributed by atoms with Crippen molar-refractivity contribution in [1.29, 1.82) is 0 Å². The number of alkyl halides is 6. The van der Waals surface area contributed by atoms with Crippen molar-refractivity contribution in [3.8, 4) is 0 Å². The molecule has 1 aliphatic carbocycles. The standard InChI is InChI=1S/C22H24F6N6O2/c23-21(24,25)10-8-19(35)29-17-6-4-15(31-33-17)13-2-1-3-14(12-13)16-5-7-18(34-32-16)30-20(36)9-11-22(26,27)28/h4-7,13-14H,1-3,8-12H2,(H,29,33,35)(H,30,34,36)/t13-,14-/m0/s1. The van der Waals surface area contributed by atoms with Gasteiger partial charge in [-0.3, -0.25) is 9.59 Å². The van der Waals surface area contributed by atoms with Gasteiger partial charge in [-0.1, -0.05) is 6.42 Å². The van der Waals surface area contributed by atoms with E-state index in [-0.39, 0.29) is 23.5 Å². The van der Waals surface area contributed by atoms with Gasteiger partial charge in [-0.05, 0) is 43.5 Å². The first-order chi connectivity index (χ1) is 16.9. The fraction of sp³-hybridized carbons (Fsp3) is 0.545. The first kappa shape index (κ1) is 27.3. The molecule has 8 nitrogen and oxygen atoms in total. The summed E-state index contributed by atoms with van der Waals surface area (Å²) >= 11 is 0. The summed E-state index contributed by atoms with van der Waals surface area (Å²) in [5, 5.41) is 20.6. The molecule has 0 spiro atoms. The average Bonchev–Trinajstić information content (AvgIpc) is 2.82. The van der Waals surface area contributed by atoms with E-state index in [9.17, 15) is 35.9 Å². The molecular weight excluding hydrogens is 494 g/mol. The van der Waals surface area contributed by atoms with E-state index in [0.717, 1.165) is 19.3 Å². The second-order valence-corrected chi connectivity index (χ2v) is 8.57. The van der Waals surface area contributed by atoms with E-state index in [1.807, 2.05) is 0 Å². The SMILES string of the molecule is O=C(CCC(F)(F)F)Nc1ccc([C@H]2CCC[C@H](c3ccc(NC(=O)CCC(F)(F)F)nn3)C2)nn1. The fourth-order valence-corrected chi connectivity index (χ4v) is 3.90. The van der Waals surface area contributed by atoms with Crippen LogP contribution in [0.5, 0.6) is 0 Å². The van der Waals surface area contributed by atoms with Crippen molar-refractivity contribution in [1.82, 2.24) is 20.4 Å². The summed E-state index contributed by atoms with van der Waals surface area (Å²) < 4.78 is 73.4. The summed E-state index contributed by atoms with van der Waals surface area (Å²) in [4.78, 5) is 23.3. The van der Waals surface area contributed by atoms with Crippen LogP contribution < -0.4 is 10.6 Å². The van der Waals surface area contributed by atoms with Crippen molar-refractivity contribution in [3.63, 3.8) is 0 Å². The number of carbonyl (C=O) groups excluding carboxylic acids is 2. The minimum Gasteiger partial charge on any atom is -0.309 e. The first-order valence-electron chi connectivity index (χ1n) is 11.3. The number of hydrogen-bond donors (Lipinski definition) is 2. The molecule has 1 aliphatic rings. The highest BCUT2D eigenvalue weighted by atomic mass is 19.4. The van der Waals surface area contributed by atoms with Gasteiger partial charge in [0.1, 0.15) is 0 Å². The second-order valence-electron chi connectivity index (χ2n) is 8.57. The minimum absolute atomic E-state index is 0.0368. The highest BCUT2D eigenvalue weighted by Crippen LogP contribution is 2.40. The molecular formula is C22H24F6N6O2. The Hall–Kier alpha value is -3.32. The Morgan fingerprint density at radius 2 is 1.14 bits per heavy atom. The molecule has 0 aromatic carbocycles. The largest absolute Gasteiger partial charge is 0.389 e. The number of rotatable bonds is 8. The predicted octanol–water partition coefficient (Wildman–Crippen LogP) is 5.27. The number of amides is 2. The van der Waals surface area contributed by atoms with E-state index in [4.69, 9.17) is 0 Å². The zero-order valence-electron chi connectivity index (χ0n) is 19.0. The molecule has 1 fully saturated rings. The van der Waals surface area contributed by atoms with Gasteiger partial charge in [-0.2, -0.15) is 36.5 Å². The van der Waals surface area contributed by atoms with E-state index >= 15 is 0 Å². The number of nitrogens with one attached hydrogen (secondary N) is 2. The molecule has 2 aromatic rings. The molecule has 3 rings (SSSR count). The Labute approximate surface area is 202 Å². The summed E-state index contributed by atoms with van der Waals surface area (Å²) in [6.07, 6.45) is -9.46. The topological polar surface area (TPSA) is 110 Å². The molecule has 196 valence electrons. The molecule has 2 N–H and O–H groups in total. The van der Waals surface area contributed by atoms with Gasteiger partial charge in [-0.15, -0.1) is 10.2 Å². The Bertz CT molecular complexity index is 946. The van der Waals surface area contributed by atoms with Gasteiger partial charge in [-0.25, -0.2) is 0 Å². The summed E-state index contributed by atoms with van der Waals surface area (Å²) in [5.74, 6) is -1.39. The third kappa shape index (κ3) is 9.04. The van der Waals surface area contributed by atoms with Crippen molar-refractivity contribution < 1.29 is 35.9 Å². The molecule has 2 aromatic heterocycles. The van der Waals surface area contributed by atoms with E-state index in [0.29, 0.717) is 17.8 Å². The number of nitrogens with zero attached hydrogens (tertiary/aromatic N) is 4. The summed E-state index contributed by atoms with van der Waals surface area (Å²) in [6.45, 7) is 0. The second kappa shape index (κ2) is 11.6. The molecule has 36 heavy (non-hydrogen) atoms. The van der Waals surface area contributed by atoms with E-state index in [2.05, 4.69) is 31.0 Å². The smallest absolute Gasteiger partial charge is 0.309 e. The molecule has 0 aliphatic heterocycles. The Kier molecular flexibility index (Phi) is 8.79. The molecule has 2 heterocycles. The van der Waals surface area contributed by atoms with Gasteiger partial charge in [0.05, 0.1) is 24.2 Å². The lowest BCUT2D eigenvalue weighted by atomic mass is 9.78. The Balaban J connectivity index is 1.53. The van der Waals surface area contributed by atoms with Crippen LogP contribution in [-0.2, 0) is 9.59 Å². The van der Waals surface area contributed by atoms with Gasteiger partial charge in [0.2, 0.25) is 11.8 Å². The van der Waals surface area contributed by atoms with Crippen molar-refractivity contribution >= 4 is 23.5 Å². The Morgan fingerprint density at radius 1 is 0.722 bits per heavy atom. The van der Waals surface area contributed by atoms with Gasteiger partial charge >= 0.3 is 12.4 Å². The number of hydrogen-bond acceptors (Lipinski definition) is 6. The lowest BCUT2D eigenvalue weighted by Crippen LogP contribution is -2.19. The van der Waals surface area contributed by atoms with Crippen LogP contribution in [-0.4, -0.2) is 44.6 Å². The number of halogens is 6. The molecule has 0 bridgehead atoms. The van der Waals surface area contributed by atoms with Crippen molar-refractivity contribution in [3.05, 3.63) is 35.7 Å². The summed E-state index contributed by atoms with van der Waals surface area (Å²) in [5.41, 5.74) is 1.35. The maximum Gasteiger partial charge on any atom is 0.389 e. The van der Waals surface area contributed by atoms with Crippen molar-refractivity contribution in [2.75, 3.05) is 10.6 Å². The highest BCUT2D eigenvalue weighted by molar-refractivity contribution is 5.90. The normalized spacial score (nSPS) is 18.5. The molecule has 2 atom stereocenters. The summed E-state index contributed by atoms with van der Waals surface area (Å²) in [7, 11) is 0. The van der Waals surface area contributed by atoms with E-state index in [1.165, 1.54) is 12.1 Å². The molecule has 1 saturated carbocycles. The Morgan fingerprint density at radius 3 is 1.47 bits per heavy atom. The van der Waals surface area contributed by atoms with Crippen LogP contribution in [0.1, 0.15) is 74.6 Å².